The molecule has 0 aliphatic carbocycles. The number of nitrogens with one attached hydrogen (secondary N) is 1. The number of carbonyl (C=O) groups is 2. The molecule has 0 bridgehead atoms. The molecule has 0 spiro atoms. The maximum Gasteiger partial charge on any atom is 0.355 e. The van der Waals surface area contributed by atoms with E-state index < -0.39 is 18.0 Å². The van der Waals surface area contributed by atoms with E-state index in [4.69, 9.17) is 44.3 Å². The van der Waals surface area contributed by atoms with Gasteiger partial charge in [0.1, 0.15) is 16.4 Å². The highest BCUT2D eigenvalue weighted by Gasteiger charge is 2.19. The normalized spacial score (nSPS) is 12.0. The predicted molar refractivity (Wildman–Crippen MR) is 141 cm³/mol. The topological polar surface area (TPSA) is 77.0 Å². The molecule has 0 radical (unpaired) electrons. The van der Waals surface area contributed by atoms with Crippen LogP contribution in [0.25, 0.3) is 10.1 Å². The summed E-state index contributed by atoms with van der Waals surface area (Å²) >= 11 is 19.5. The number of amides is 1. The number of thiophene rings is 1. The van der Waals surface area contributed by atoms with Crippen molar-refractivity contribution in [3.05, 3.63) is 92.2 Å². The van der Waals surface area contributed by atoms with Crippen LogP contribution in [0.15, 0.2) is 71.8 Å². The van der Waals surface area contributed by atoms with Gasteiger partial charge in [-0.05, 0) is 61.0 Å². The van der Waals surface area contributed by atoms with Crippen LogP contribution in [0, 0.1) is 0 Å². The summed E-state index contributed by atoms with van der Waals surface area (Å²) in [6.45, 7) is 1.57. The fraction of sp³-hybridized carbons (Fsp3) is 0.0800. The number of esters is 1. The minimum atomic E-state index is -0.840. The van der Waals surface area contributed by atoms with E-state index in [1.165, 1.54) is 23.6 Å². The Morgan fingerprint density at radius 3 is 2.49 bits per heavy atom. The molecular weight excluding hydrogens is 531 g/mol. The third kappa shape index (κ3) is 6.13. The average Bonchev–Trinajstić information content (AvgIpc) is 3.18. The lowest BCUT2D eigenvalue weighted by Crippen LogP contribution is -2.33. The quantitative estimate of drug-likeness (QED) is 0.117. The molecule has 3 aromatic carbocycles. The van der Waals surface area contributed by atoms with Gasteiger partial charge in [-0.15, -0.1) is 11.3 Å². The molecule has 4 rings (SSSR count). The van der Waals surface area contributed by atoms with Crippen molar-refractivity contribution in [2.24, 2.45) is 5.10 Å². The maximum atomic E-state index is 12.6. The minimum absolute atomic E-state index is 0.302. The minimum Gasteiger partial charge on any atom is -0.479 e. The highest BCUT2D eigenvalue weighted by atomic mass is 35.5. The van der Waals surface area contributed by atoms with Gasteiger partial charge in [-0.25, -0.2) is 10.2 Å². The second-order valence-corrected chi connectivity index (χ2v) is 9.54. The Hall–Kier alpha value is -3.10. The fourth-order valence-electron chi connectivity index (χ4n) is 3.00. The fourth-order valence-corrected chi connectivity index (χ4v) is 4.83. The second-order valence-electron chi connectivity index (χ2n) is 7.27. The lowest BCUT2D eigenvalue weighted by atomic mass is 10.2. The van der Waals surface area contributed by atoms with Crippen LogP contribution in [-0.4, -0.2) is 24.2 Å². The SMILES string of the molecule is CC(Oc1ccc(Cl)cc1Cl)C(=O)NN=Cc1ccc(OC(=O)c2sc3ccccc3c2Cl)cc1. The van der Waals surface area contributed by atoms with E-state index in [0.29, 0.717) is 37.0 Å². The molecule has 0 saturated heterocycles. The number of carbonyl (C=O) groups excluding carboxylic acids is 2. The van der Waals surface area contributed by atoms with Crippen LogP contribution in [-0.2, 0) is 4.79 Å². The van der Waals surface area contributed by atoms with Crippen LogP contribution in [0.2, 0.25) is 15.1 Å². The third-order valence-electron chi connectivity index (χ3n) is 4.77. The number of halogens is 3. The number of benzene rings is 3. The molecule has 35 heavy (non-hydrogen) atoms. The lowest BCUT2D eigenvalue weighted by Gasteiger charge is -2.14. The Bertz CT molecular complexity index is 1420. The predicted octanol–water partition coefficient (Wildman–Crippen LogP) is 7.00. The van der Waals surface area contributed by atoms with Gasteiger partial charge in [-0.2, -0.15) is 5.10 Å². The highest BCUT2D eigenvalue weighted by Crippen LogP contribution is 2.35. The zero-order chi connectivity index (χ0) is 24.9. The van der Waals surface area contributed by atoms with Gasteiger partial charge in [-0.1, -0.05) is 53.0 Å². The Balaban J connectivity index is 1.32. The van der Waals surface area contributed by atoms with E-state index in [1.54, 1.807) is 43.3 Å². The Labute approximate surface area is 220 Å². The van der Waals surface area contributed by atoms with Gasteiger partial charge < -0.3 is 9.47 Å². The molecule has 1 N–H and O–H groups in total. The molecule has 1 heterocycles. The summed E-state index contributed by atoms with van der Waals surface area (Å²) in [5.41, 5.74) is 3.09. The van der Waals surface area contributed by atoms with Crippen LogP contribution < -0.4 is 14.9 Å². The Morgan fingerprint density at radius 2 is 1.77 bits per heavy atom. The molecule has 0 fully saturated rings. The van der Waals surface area contributed by atoms with Crippen LogP contribution in [0.1, 0.15) is 22.2 Å². The zero-order valence-corrected chi connectivity index (χ0v) is 21.2. The van der Waals surface area contributed by atoms with E-state index in [2.05, 4.69) is 10.5 Å². The molecule has 0 aliphatic heterocycles. The molecular formula is C25H17Cl3N2O4S. The van der Waals surface area contributed by atoms with Crippen molar-refractivity contribution in [1.29, 1.82) is 0 Å². The van der Waals surface area contributed by atoms with Gasteiger partial charge in [0.2, 0.25) is 0 Å². The summed E-state index contributed by atoms with van der Waals surface area (Å²) in [6, 6.07) is 18.9. The monoisotopic (exact) mass is 546 g/mol. The molecule has 0 aliphatic rings. The number of hydrogen-bond acceptors (Lipinski definition) is 6. The molecule has 0 saturated carbocycles. The van der Waals surface area contributed by atoms with E-state index >= 15 is 0 Å². The number of nitrogens with zero attached hydrogens (tertiary/aromatic N) is 1. The van der Waals surface area contributed by atoms with Crippen molar-refractivity contribution in [1.82, 2.24) is 5.43 Å². The van der Waals surface area contributed by atoms with Gasteiger partial charge in [0, 0.05) is 15.1 Å². The number of fused-ring (bicyclic) bond motifs is 1. The summed E-state index contributed by atoms with van der Waals surface area (Å²) in [7, 11) is 0. The van der Waals surface area contributed by atoms with Crippen molar-refractivity contribution in [3.63, 3.8) is 0 Å². The molecule has 1 unspecified atom stereocenters. The second kappa shape index (κ2) is 11.1. The average molecular weight is 548 g/mol. The molecule has 4 aromatic rings. The van der Waals surface area contributed by atoms with Gasteiger partial charge in [0.25, 0.3) is 5.91 Å². The Kier molecular flexibility index (Phi) is 7.93. The van der Waals surface area contributed by atoms with Gasteiger partial charge in [0.05, 0.1) is 16.3 Å². The first-order valence-electron chi connectivity index (χ1n) is 10.3. The van der Waals surface area contributed by atoms with Crippen molar-refractivity contribution >= 4 is 74.3 Å². The number of ether oxygens (including phenoxy) is 2. The van der Waals surface area contributed by atoms with Gasteiger partial charge >= 0.3 is 5.97 Å². The largest absolute Gasteiger partial charge is 0.479 e. The smallest absolute Gasteiger partial charge is 0.355 e. The van der Waals surface area contributed by atoms with Crippen molar-refractivity contribution < 1.29 is 19.1 Å². The highest BCUT2D eigenvalue weighted by molar-refractivity contribution is 7.21. The number of hydrogen-bond donors (Lipinski definition) is 1. The van der Waals surface area contributed by atoms with E-state index in [9.17, 15) is 9.59 Å². The lowest BCUT2D eigenvalue weighted by molar-refractivity contribution is -0.127. The van der Waals surface area contributed by atoms with Gasteiger partial charge in [-0.3, -0.25) is 4.79 Å². The van der Waals surface area contributed by atoms with E-state index in [-0.39, 0.29) is 0 Å². The molecule has 6 nitrogen and oxygen atoms in total. The van der Waals surface area contributed by atoms with Crippen molar-refractivity contribution in [2.75, 3.05) is 0 Å². The van der Waals surface area contributed by atoms with Crippen LogP contribution >= 0.6 is 46.1 Å². The summed E-state index contributed by atoms with van der Waals surface area (Å²) in [5.74, 6) is -0.297. The van der Waals surface area contributed by atoms with E-state index in [0.717, 1.165) is 10.1 Å². The molecule has 1 amide bonds. The van der Waals surface area contributed by atoms with Crippen LogP contribution in [0.3, 0.4) is 0 Å². The van der Waals surface area contributed by atoms with Crippen molar-refractivity contribution in [2.45, 2.75) is 13.0 Å². The first kappa shape index (κ1) is 25.0. The zero-order valence-electron chi connectivity index (χ0n) is 18.1. The van der Waals surface area contributed by atoms with Crippen LogP contribution in [0.5, 0.6) is 11.5 Å². The summed E-state index contributed by atoms with van der Waals surface area (Å²) in [4.78, 5) is 25.1. The third-order valence-corrected chi connectivity index (χ3v) is 6.95. The molecule has 1 aromatic heterocycles. The van der Waals surface area contributed by atoms with Crippen LogP contribution in [0.4, 0.5) is 0 Å². The summed E-state index contributed by atoms with van der Waals surface area (Å²) in [5, 5.41) is 5.90. The number of rotatable bonds is 7. The van der Waals surface area contributed by atoms with Gasteiger partial charge in [0.15, 0.2) is 6.10 Å². The molecule has 1 atom stereocenters. The molecule has 178 valence electrons. The molecule has 10 heteroatoms. The summed E-state index contributed by atoms with van der Waals surface area (Å²) < 4.78 is 11.9. The first-order chi connectivity index (χ1) is 16.8. The summed E-state index contributed by atoms with van der Waals surface area (Å²) in [6.07, 6.45) is 0.613. The van der Waals surface area contributed by atoms with Crippen molar-refractivity contribution in [3.8, 4) is 11.5 Å². The standard InChI is InChI=1S/C25H17Cl3N2O4S/c1-14(33-20-11-8-16(26)12-19(20)27)24(31)30-29-13-15-6-9-17(10-7-15)34-25(32)23-22(28)18-4-2-3-5-21(18)35-23/h2-14H,1H3,(H,30,31). The Morgan fingerprint density at radius 1 is 1.03 bits per heavy atom. The number of hydrazone groups is 1. The first-order valence-corrected chi connectivity index (χ1v) is 12.2. The van der Waals surface area contributed by atoms with E-state index in [1.807, 2.05) is 24.3 Å². The maximum absolute atomic E-state index is 12.6.